The highest BCUT2D eigenvalue weighted by molar-refractivity contribution is 6.74. The van der Waals surface area contributed by atoms with E-state index in [4.69, 9.17) is 4.43 Å². The van der Waals surface area contributed by atoms with Gasteiger partial charge in [-0.25, -0.2) is 0 Å². The van der Waals surface area contributed by atoms with Crippen LogP contribution in [0.1, 0.15) is 44.9 Å². The summed E-state index contributed by atoms with van der Waals surface area (Å²) < 4.78 is 6.44. The summed E-state index contributed by atoms with van der Waals surface area (Å²) in [5, 5.41) is 11.1. The van der Waals surface area contributed by atoms with Crippen molar-refractivity contribution in [2.45, 2.75) is 51.9 Å². The molecule has 27 heavy (non-hydrogen) atoms. The van der Waals surface area contributed by atoms with Crippen LogP contribution in [0.25, 0.3) is 6.08 Å². The van der Waals surface area contributed by atoms with Gasteiger partial charge in [-0.2, -0.15) is 0 Å². The zero-order chi connectivity index (χ0) is 20.2. The summed E-state index contributed by atoms with van der Waals surface area (Å²) in [7, 11) is -2.07. The van der Waals surface area contributed by atoms with E-state index in [1.165, 1.54) is 6.92 Å². The molecule has 0 aliphatic carbocycles. The highest BCUT2D eigenvalue weighted by Crippen LogP contribution is 2.40. The number of aliphatic hydroxyl groups is 1. The summed E-state index contributed by atoms with van der Waals surface area (Å²) in [5.41, 5.74) is 1.86. The van der Waals surface area contributed by atoms with Crippen LogP contribution >= 0.6 is 0 Å². The number of ketones is 1. The van der Waals surface area contributed by atoms with Gasteiger partial charge in [-0.05, 0) is 42.8 Å². The minimum absolute atomic E-state index is 0.0361. The summed E-state index contributed by atoms with van der Waals surface area (Å²) in [6.07, 6.45) is 0.708. The molecule has 3 nitrogen and oxygen atoms in total. The Balaban J connectivity index is 2.45. The Morgan fingerprint density at radius 3 is 2.15 bits per heavy atom. The van der Waals surface area contributed by atoms with Crippen molar-refractivity contribution in [2.24, 2.45) is 0 Å². The minimum atomic E-state index is -2.07. The molecule has 4 heteroatoms. The highest BCUT2D eigenvalue weighted by Gasteiger charge is 2.39. The number of hydrogen-bond acceptors (Lipinski definition) is 3. The summed E-state index contributed by atoms with van der Waals surface area (Å²) in [5.74, 6) is 0.491. The molecular formula is C23H30O3Si. The van der Waals surface area contributed by atoms with E-state index in [1.807, 2.05) is 54.6 Å². The van der Waals surface area contributed by atoms with Crippen LogP contribution in [-0.4, -0.2) is 19.2 Å². The van der Waals surface area contributed by atoms with E-state index in [-0.39, 0.29) is 10.8 Å². The number of benzene rings is 2. The van der Waals surface area contributed by atoms with Crippen molar-refractivity contribution in [3.8, 4) is 5.75 Å². The van der Waals surface area contributed by atoms with E-state index in [0.717, 1.165) is 5.56 Å². The van der Waals surface area contributed by atoms with Gasteiger partial charge in [0, 0.05) is 11.1 Å². The first kappa shape index (κ1) is 21.1. The third-order valence-corrected chi connectivity index (χ3v) is 9.55. The maximum Gasteiger partial charge on any atom is 0.250 e. The van der Waals surface area contributed by atoms with Gasteiger partial charge >= 0.3 is 0 Å². The van der Waals surface area contributed by atoms with Crippen molar-refractivity contribution in [3.63, 3.8) is 0 Å². The number of rotatable bonds is 6. The lowest BCUT2D eigenvalue weighted by molar-refractivity contribution is -0.114. The molecular weight excluding hydrogens is 352 g/mol. The summed E-state index contributed by atoms with van der Waals surface area (Å²) in [4.78, 5) is 12.3. The van der Waals surface area contributed by atoms with Crippen molar-refractivity contribution in [2.75, 3.05) is 0 Å². The van der Waals surface area contributed by atoms with Crippen LogP contribution in [-0.2, 0) is 4.79 Å². The van der Waals surface area contributed by atoms with Gasteiger partial charge in [0.1, 0.15) is 11.9 Å². The molecule has 0 fully saturated rings. The average Bonchev–Trinajstić information content (AvgIpc) is 2.59. The second-order valence-corrected chi connectivity index (χ2v) is 13.1. The van der Waals surface area contributed by atoms with Gasteiger partial charge in [-0.3, -0.25) is 4.79 Å². The molecule has 0 unspecified atom stereocenters. The second-order valence-electron chi connectivity index (χ2n) is 8.37. The van der Waals surface area contributed by atoms with Crippen molar-refractivity contribution in [3.05, 3.63) is 71.3 Å². The van der Waals surface area contributed by atoms with E-state index in [9.17, 15) is 9.90 Å². The van der Waals surface area contributed by atoms with Gasteiger partial charge in [-0.15, -0.1) is 0 Å². The lowest BCUT2D eigenvalue weighted by Crippen LogP contribution is -2.44. The maximum absolute atomic E-state index is 12.3. The molecule has 0 amide bonds. The standard InChI is InChI=1S/C23H30O3Si/c1-17(24)20(16-18-12-8-7-9-13-18)22(25)19-14-10-11-15-21(19)26-27(5,6)23(2,3)4/h7-16,22,25H,1-6H3/b20-16+/t22-/m0/s1. The van der Waals surface area contributed by atoms with Gasteiger partial charge in [0.15, 0.2) is 5.78 Å². The molecule has 0 spiro atoms. The molecule has 1 N–H and O–H groups in total. The van der Waals surface area contributed by atoms with E-state index in [0.29, 0.717) is 16.9 Å². The molecule has 2 rings (SSSR count). The lowest BCUT2D eigenvalue weighted by atomic mass is 9.96. The topological polar surface area (TPSA) is 46.5 Å². The predicted octanol–water partition coefficient (Wildman–Crippen LogP) is 5.78. The van der Waals surface area contributed by atoms with Crippen LogP contribution in [0.2, 0.25) is 18.1 Å². The van der Waals surface area contributed by atoms with E-state index >= 15 is 0 Å². The predicted molar refractivity (Wildman–Crippen MR) is 114 cm³/mol. The molecule has 0 aliphatic rings. The van der Waals surface area contributed by atoms with Crippen LogP contribution in [0.15, 0.2) is 60.2 Å². The van der Waals surface area contributed by atoms with Crippen LogP contribution in [0.5, 0.6) is 5.75 Å². The van der Waals surface area contributed by atoms with E-state index in [2.05, 4.69) is 33.9 Å². The Labute approximate surface area is 163 Å². The summed E-state index contributed by atoms with van der Waals surface area (Å²) in [6, 6.07) is 17.0. The van der Waals surface area contributed by atoms with Crippen LogP contribution in [0.3, 0.4) is 0 Å². The minimum Gasteiger partial charge on any atom is -0.543 e. The lowest BCUT2D eigenvalue weighted by Gasteiger charge is -2.37. The third-order valence-electron chi connectivity index (χ3n) is 5.21. The maximum atomic E-state index is 12.3. The first-order valence-electron chi connectivity index (χ1n) is 9.26. The van der Waals surface area contributed by atoms with Gasteiger partial charge in [-0.1, -0.05) is 69.3 Å². The fraction of sp³-hybridized carbons (Fsp3) is 0.348. The molecule has 0 radical (unpaired) electrons. The molecule has 0 saturated carbocycles. The molecule has 2 aromatic rings. The van der Waals surface area contributed by atoms with Gasteiger partial charge in [0.2, 0.25) is 8.32 Å². The van der Waals surface area contributed by atoms with Gasteiger partial charge in [0.05, 0.1) is 0 Å². The summed E-state index contributed by atoms with van der Waals surface area (Å²) in [6.45, 7) is 12.3. The number of para-hydroxylation sites is 1. The zero-order valence-corrected chi connectivity index (χ0v) is 18.1. The zero-order valence-electron chi connectivity index (χ0n) is 17.1. The Bertz CT molecular complexity index is 817. The van der Waals surface area contributed by atoms with Crippen molar-refractivity contribution >= 4 is 20.2 Å². The Morgan fingerprint density at radius 2 is 1.59 bits per heavy atom. The van der Waals surface area contributed by atoms with Crippen molar-refractivity contribution in [1.82, 2.24) is 0 Å². The number of carbonyl (C=O) groups excluding carboxylic acids is 1. The van der Waals surface area contributed by atoms with Crippen LogP contribution in [0, 0.1) is 0 Å². The Hall–Kier alpha value is -2.17. The molecule has 0 aliphatic heterocycles. The third kappa shape index (κ3) is 5.18. The van der Waals surface area contributed by atoms with Crippen LogP contribution < -0.4 is 4.43 Å². The quantitative estimate of drug-likeness (QED) is 0.509. The number of hydrogen-bond donors (Lipinski definition) is 1. The number of Topliss-reactive ketones (excluding diaryl/α,β-unsaturated/α-hetero) is 1. The fourth-order valence-corrected chi connectivity index (χ4v) is 3.54. The van der Waals surface area contributed by atoms with Crippen molar-refractivity contribution in [1.29, 1.82) is 0 Å². The van der Waals surface area contributed by atoms with Crippen LogP contribution in [0.4, 0.5) is 0 Å². The molecule has 0 saturated heterocycles. The molecule has 2 aromatic carbocycles. The number of carbonyl (C=O) groups is 1. The summed E-state index contributed by atoms with van der Waals surface area (Å²) >= 11 is 0. The second kappa shape index (κ2) is 8.24. The first-order chi connectivity index (χ1) is 12.5. The molecule has 0 bridgehead atoms. The Morgan fingerprint density at radius 1 is 1.04 bits per heavy atom. The fourth-order valence-electron chi connectivity index (χ4n) is 2.50. The monoisotopic (exact) mass is 382 g/mol. The van der Waals surface area contributed by atoms with Crippen molar-refractivity contribution < 1.29 is 14.3 Å². The smallest absolute Gasteiger partial charge is 0.250 e. The van der Waals surface area contributed by atoms with E-state index in [1.54, 1.807) is 6.08 Å². The Kier molecular flexibility index (Phi) is 6.45. The SMILES string of the molecule is CC(=O)/C(=C\c1ccccc1)[C@@H](O)c1ccccc1O[Si](C)(C)C(C)(C)C. The van der Waals surface area contributed by atoms with E-state index < -0.39 is 14.4 Å². The highest BCUT2D eigenvalue weighted by atomic mass is 28.4. The normalized spacial score (nSPS) is 14.0. The average molecular weight is 383 g/mol. The largest absolute Gasteiger partial charge is 0.543 e. The van der Waals surface area contributed by atoms with Gasteiger partial charge in [0.25, 0.3) is 0 Å². The molecule has 0 heterocycles. The number of aliphatic hydroxyl groups excluding tert-OH is 1. The van der Waals surface area contributed by atoms with Gasteiger partial charge < -0.3 is 9.53 Å². The molecule has 144 valence electrons. The first-order valence-corrected chi connectivity index (χ1v) is 12.2. The molecule has 0 aromatic heterocycles. The molecule has 1 atom stereocenters.